The van der Waals surface area contributed by atoms with Crippen molar-refractivity contribution in [3.05, 3.63) is 401 Å². The van der Waals surface area contributed by atoms with Gasteiger partial charge in [0.1, 0.15) is 0 Å². The fraction of sp³-hybridized carbons (Fsp3) is 0. The summed E-state index contributed by atoms with van der Waals surface area (Å²) in [6, 6.07) is 127. The molecule has 0 spiro atoms. The van der Waals surface area contributed by atoms with Gasteiger partial charge in [-0.2, -0.15) is 0 Å². The zero-order valence-electron chi connectivity index (χ0n) is 50.0. The monoisotopic (exact) mass is 1540 g/mol. The summed E-state index contributed by atoms with van der Waals surface area (Å²) < 4.78 is 0. The van der Waals surface area contributed by atoms with Gasteiger partial charge in [0.15, 0.2) is 0 Å². The van der Waals surface area contributed by atoms with Crippen molar-refractivity contribution in [3.8, 4) is 101 Å². The molecule has 444 valence electrons. The maximum absolute atomic E-state index is 4.35. The van der Waals surface area contributed by atoms with Crippen molar-refractivity contribution in [1.82, 2.24) is 29.9 Å². The van der Waals surface area contributed by atoms with Crippen LogP contribution in [-0.4, -0.2) is 29.9 Å². The van der Waals surface area contributed by atoms with Crippen LogP contribution in [0.2, 0.25) is 0 Å². The maximum atomic E-state index is 4.35. The van der Waals surface area contributed by atoms with Gasteiger partial charge >= 0.3 is 40.2 Å². The zero-order valence-corrected chi connectivity index (χ0v) is 54.8. The number of rotatable bonds is 9. The average molecular weight is 1540 g/mol. The Kier molecular flexibility index (Phi) is 27.6. The molecule has 8 heteroatoms. The third-order valence-corrected chi connectivity index (χ3v) is 13.5. The summed E-state index contributed by atoms with van der Waals surface area (Å²) in [5.41, 5.74) is 19.2. The van der Waals surface area contributed by atoms with E-state index in [0.29, 0.717) is 0 Å². The molecule has 92 heavy (non-hydrogen) atoms. The third kappa shape index (κ3) is 21.2. The van der Waals surface area contributed by atoms with Gasteiger partial charge in [0.2, 0.25) is 0 Å². The predicted octanol–water partition coefficient (Wildman–Crippen LogP) is 20.3. The van der Waals surface area contributed by atoms with Gasteiger partial charge in [0, 0.05) is 37.2 Å². The Balaban J connectivity index is 0.000000143. The smallest absolute Gasteiger partial charge is 0.305 e. The van der Waals surface area contributed by atoms with Gasteiger partial charge in [-0.1, -0.05) is 164 Å². The first-order valence-electron chi connectivity index (χ1n) is 29.3. The van der Waals surface area contributed by atoms with Crippen molar-refractivity contribution < 1.29 is 40.2 Å². The van der Waals surface area contributed by atoms with E-state index >= 15 is 0 Å². The molecular formula is C84H60Ir2N6. The van der Waals surface area contributed by atoms with Crippen LogP contribution in [0.25, 0.3) is 101 Å². The molecular weight excluding hydrogens is 1480 g/mol. The minimum Gasteiger partial charge on any atom is -0.305 e. The Morgan fingerprint density at radius 1 is 0.163 bits per heavy atom. The SMILES string of the molecule is [Ir+3].[Ir+3].[c-]1ccc(-c2ccccc2)cc1-c1ccccn1.[c-]1ccc(-c2ccccc2)cc1-c1ccccn1.[c-]1ccc(-c2ccccc2)cc1-c1ccccn1.[c-]1ccccc1-c1ccccn1.[c-]1ccccc1-c1ccccn1.[c-]1ccccc1-c1ccccn1. The quantitative estimate of drug-likeness (QED) is 0.134. The van der Waals surface area contributed by atoms with E-state index in [2.05, 4.69) is 139 Å². The molecule has 0 unspecified atom stereocenters. The number of pyridine rings is 6. The molecule has 0 saturated heterocycles. The summed E-state index contributed by atoms with van der Waals surface area (Å²) in [6.45, 7) is 0. The summed E-state index contributed by atoms with van der Waals surface area (Å²) in [5, 5.41) is 0. The summed E-state index contributed by atoms with van der Waals surface area (Å²) in [7, 11) is 0. The topological polar surface area (TPSA) is 77.3 Å². The van der Waals surface area contributed by atoms with E-state index in [4.69, 9.17) is 0 Å². The average Bonchev–Trinajstić information content (AvgIpc) is 1.60. The second kappa shape index (κ2) is 37.9. The van der Waals surface area contributed by atoms with Crippen molar-refractivity contribution in [3.63, 3.8) is 0 Å². The predicted molar refractivity (Wildman–Crippen MR) is 367 cm³/mol. The Morgan fingerprint density at radius 2 is 0.370 bits per heavy atom. The molecule has 15 aromatic rings. The van der Waals surface area contributed by atoms with E-state index in [9.17, 15) is 0 Å². The summed E-state index contributed by atoms with van der Waals surface area (Å²) in [4.78, 5) is 25.7. The van der Waals surface area contributed by atoms with Crippen LogP contribution in [-0.2, 0) is 40.2 Å². The van der Waals surface area contributed by atoms with Crippen molar-refractivity contribution >= 4 is 0 Å². The van der Waals surface area contributed by atoms with Gasteiger partial charge in [0.25, 0.3) is 0 Å². The molecule has 0 radical (unpaired) electrons. The summed E-state index contributed by atoms with van der Waals surface area (Å²) in [5.74, 6) is 0. The number of benzene rings is 9. The van der Waals surface area contributed by atoms with Gasteiger partial charge in [-0.15, -0.1) is 214 Å². The fourth-order valence-corrected chi connectivity index (χ4v) is 9.06. The number of hydrogen-bond acceptors (Lipinski definition) is 6. The number of hydrogen-bond donors (Lipinski definition) is 0. The van der Waals surface area contributed by atoms with Gasteiger partial charge in [-0.25, -0.2) is 0 Å². The van der Waals surface area contributed by atoms with E-state index in [1.165, 1.54) is 33.4 Å². The molecule has 0 fully saturated rings. The Bertz CT molecular complexity index is 3670. The minimum atomic E-state index is 0. The molecule has 6 nitrogen and oxygen atoms in total. The molecule has 0 aliphatic carbocycles. The van der Waals surface area contributed by atoms with Gasteiger partial charge in [-0.3, -0.25) is 0 Å². The Morgan fingerprint density at radius 3 is 0.576 bits per heavy atom. The first-order valence-corrected chi connectivity index (χ1v) is 29.3. The van der Waals surface area contributed by atoms with Crippen molar-refractivity contribution in [1.29, 1.82) is 0 Å². The van der Waals surface area contributed by atoms with Crippen LogP contribution in [0.1, 0.15) is 0 Å². The first-order chi connectivity index (χ1) is 44.7. The van der Waals surface area contributed by atoms with Crippen LogP contribution >= 0.6 is 0 Å². The Labute approximate surface area is 568 Å². The molecule has 0 N–H and O–H groups in total. The molecule has 9 aromatic carbocycles. The third-order valence-electron chi connectivity index (χ3n) is 13.5. The summed E-state index contributed by atoms with van der Waals surface area (Å²) >= 11 is 0. The normalized spacial score (nSPS) is 9.78. The van der Waals surface area contributed by atoms with E-state index in [1.54, 1.807) is 37.2 Å². The minimum absolute atomic E-state index is 0. The molecule has 0 aliphatic rings. The van der Waals surface area contributed by atoms with Crippen molar-refractivity contribution in [2.75, 3.05) is 0 Å². The van der Waals surface area contributed by atoms with E-state index in [0.717, 1.165) is 67.5 Å². The fourth-order valence-electron chi connectivity index (χ4n) is 9.06. The molecule has 6 aromatic heterocycles. The summed E-state index contributed by atoms with van der Waals surface area (Å²) in [6.07, 6.45) is 10.8. The largest absolute Gasteiger partial charge is 3.00 e. The molecule has 0 saturated carbocycles. The van der Waals surface area contributed by atoms with Crippen molar-refractivity contribution in [2.45, 2.75) is 0 Å². The first kappa shape index (κ1) is 67.1. The molecule has 6 heterocycles. The second-order valence-corrected chi connectivity index (χ2v) is 19.7. The van der Waals surface area contributed by atoms with E-state index in [-0.39, 0.29) is 40.2 Å². The van der Waals surface area contributed by atoms with Crippen LogP contribution in [0.5, 0.6) is 0 Å². The molecule has 0 bridgehead atoms. The molecule has 0 aliphatic heterocycles. The van der Waals surface area contributed by atoms with E-state index in [1.807, 2.05) is 255 Å². The van der Waals surface area contributed by atoms with Crippen LogP contribution in [0.3, 0.4) is 0 Å². The van der Waals surface area contributed by atoms with Crippen molar-refractivity contribution in [2.24, 2.45) is 0 Å². The van der Waals surface area contributed by atoms with Gasteiger partial charge < -0.3 is 29.9 Å². The maximum Gasteiger partial charge on any atom is 3.00 e. The van der Waals surface area contributed by atoms with Gasteiger partial charge in [-0.05, 0) is 87.3 Å². The van der Waals surface area contributed by atoms with Gasteiger partial charge in [0.05, 0.1) is 0 Å². The van der Waals surface area contributed by atoms with Crippen LogP contribution in [0.4, 0.5) is 0 Å². The number of aromatic nitrogens is 6. The second-order valence-electron chi connectivity index (χ2n) is 19.7. The molecule has 15 rings (SSSR count). The van der Waals surface area contributed by atoms with Crippen LogP contribution in [0.15, 0.2) is 365 Å². The standard InChI is InChI=1S/3C17H12N.3C11H8N.2Ir/c3*1-2-7-14(8-3-1)15-9-6-10-16(13-15)17-11-4-5-12-18-17;3*1-2-6-10(7-3-1)11-8-4-5-9-12-11;;/h3*1-9,11-13H;3*1-6,8-9H;;/q6*-1;2*+3. The van der Waals surface area contributed by atoms with Crippen LogP contribution in [0, 0.1) is 36.4 Å². The van der Waals surface area contributed by atoms with Crippen LogP contribution < -0.4 is 0 Å². The zero-order chi connectivity index (χ0) is 61.3. The number of nitrogens with zero attached hydrogens (tertiary/aromatic N) is 6. The molecule has 0 amide bonds. The molecule has 0 atom stereocenters. The van der Waals surface area contributed by atoms with E-state index < -0.39 is 0 Å². The Hall–Kier alpha value is -10.8.